The average Bonchev–Trinajstić information content (AvgIpc) is 2.40. The van der Waals surface area contributed by atoms with E-state index in [0.717, 1.165) is 31.4 Å². The van der Waals surface area contributed by atoms with Gasteiger partial charge in [0.25, 0.3) is 0 Å². The van der Waals surface area contributed by atoms with E-state index in [4.69, 9.17) is 0 Å². The van der Waals surface area contributed by atoms with Crippen molar-refractivity contribution in [3.63, 3.8) is 0 Å². The summed E-state index contributed by atoms with van der Waals surface area (Å²) in [5, 5.41) is 15.7. The monoisotopic (exact) mass is 284 g/mol. The zero-order chi connectivity index (χ0) is 12.8. The van der Waals surface area contributed by atoms with Crippen LogP contribution < -0.4 is 10.6 Å². The number of para-hydroxylation sites is 1. The minimum absolute atomic E-state index is 0. The lowest BCUT2D eigenvalue weighted by Gasteiger charge is -2.28. The molecule has 0 unspecified atom stereocenters. The molecule has 1 aromatic rings. The van der Waals surface area contributed by atoms with Gasteiger partial charge in [0, 0.05) is 5.69 Å². The van der Waals surface area contributed by atoms with E-state index >= 15 is 0 Å². The van der Waals surface area contributed by atoms with E-state index in [1.165, 1.54) is 0 Å². The van der Waals surface area contributed by atoms with Crippen LogP contribution in [-0.2, 0) is 4.79 Å². The van der Waals surface area contributed by atoms with Gasteiger partial charge in [-0.25, -0.2) is 0 Å². The molecule has 0 saturated heterocycles. The Hall–Kier alpha value is -1.26. The molecule has 0 aromatic heterocycles. The Labute approximate surface area is 120 Å². The van der Waals surface area contributed by atoms with Crippen molar-refractivity contribution in [1.82, 2.24) is 5.32 Å². The van der Waals surface area contributed by atoms with Gasteiger partial charge in [0.15, 0.2) is 0 Å². The first-order chi connectivity index (χ1) is 8.75. The average molecular weight is 285 g/mol. The molecular formula is C14H21ClN2O2. The summed E-state index contributed by atoms with van der Waals surface area (Å²) in [6.45, 7) is 0.243. The Morgan fingerprint density at radius 2 is 1.89 bits per heavy atom. The van der Waals surface area contributed by atoms with Gasteiger partial charge in [-0.1, -0.05) is 31.0 Å². The fourth-order valence-corrected chi connectivity index (χ4v) is 2.28. The molecule has 19 heavy (non-hydrogen) atoms. The number of benzene rings is 1. The maximum absolute atomic E-state index is 11.7. The number of hydrogen-bond acceptors (Lipinski definition) is 3. The smallest absolute Gasteiger partial charge is 0.239 e. The van der Waals surface area contributed by atoms with Crippen LogP contribution in [0, 0.1) is 0 Å². The zero-order valence-corrected chi connectivity index (χ0v) is 11.7. The molecule has 0 spiro atoms. The Morgan fingerprint density at radius 1 is 1.21 bits per heavy atom. The molecule has 5 heteroatoms. The molecule has 0 aliphatic heterocycles. The van der Waals surface area contributed by atoms with E-state index in [1.807, 2.05) is 30.3 Å². The van der Waals surface area contributed by atoms with Crippen LogP contribution in [0.2, 0.25) is 0 Å². The van der Waals surface area contributed by atoms with E-state index in [0.29, 0.717) is 0 Å². The SMILES string of the molecule is Cl.O=C(CNc1ccccc1)N[C@@H]1CCCC[C@H]1O. The van der Waals surface area contributed by atoms with Gasteiger partial charge in [-0.3, -0.25) is 4.79 Å². The summed E-state index contributed by atoms with van der Waals surface area (Å²) < 4.78 is 0. The van der Waals surface area contributed by atoms with E-state index in [9.17, 15) is 9.90 Å². The topological polar surface area (TPSA) is 61.4 Å². The van der Waals surface area contributed by atoms with Crippen molar-refractivity contribution < 1.29 is 9.90 Å². The molecule has 1 aromatic carbocycles. The first kappa shape index (κ1) is 15.8. The van der Waals surface area contributed by atoms with Crippen molar-refractivity contribution in [1.29, 1.82) is 0 Å². The highest BCUT2D eigenvalue weighted by molar-refractivity contribution is 5.85. The Bertz CT molecular complexity index is 386. The molecule has 1 aliphatic carbocycles. The largest absolute Gasteiger partial charge is 0.391 e. The number of carbonyl (C=O) groups excluding carboxylic acids is 1. The second-order valence-corrected chi connectivity index (χ2v) is 4.75. The normalized spacial score (nSPS) is 22.2. The summed E-state index contributed by atoms with van der Waals surface area (Å²) in [5.74, 6) is -0.0650. The minimum atomic E-state index is -0.389. The van der Waals surface area contributed by atoms with Crippen LogP contribution >= 0.6 is 12.4 Å². The minimum Gasteiger partial charge on any atom is -0.391 e. The highest BCUT2D eigenvalue weighted by atomic mass is 35.5. The predicted octanol–water partition coefficient (Wildman–Crippen LogP) is 1.94. The first-order valence-corrected chi connectivity index (χ1v) is 6.52. The van der Waals surface area contributed by atoms with Crippen molar-refractivity contribution in [2.24, 2.45) is 0 Å². The number of anilines is 1. The van der Waals surface area contributed by atoms with Gasteiger partial charge in [0.2, 0.25) is 5.91 Å². The van der Waals surface area contributed by atoms with E-state index in [2.05, 4.69) is 10.6 Å². The van der Waals surface area contributed by atoms with Crippen molar-refractivity contribution in [3.05, 3.63) is 30.3 Å². The maximum Gasteiger partial charge on any atom is 0.239 e. The second-order valence-electron chi connectivity index (χ2n) is 4.75. The Morgan fingerprint density at radius 3 is 2.58 bits per heavy atom. The molecule has 2 atom stereocenters. The van der Waals surface area contributed by atoms with Crippen LogP contribution in [0.4, 0.5) is 5.69 Å². The molecule has 1 saturated carbocycles. The van der Waals surface area contributed by atoms with Crippen LogP contribution in [0.5, 0.6) is 0 Å². The van der Waals surface area contributed by atoms with Crippen LogP contribution in [0.25, 0.3) is 0 Å². The van der Waals surface area contributed by atoms with Gasteiger partial charge in [-0.05, 0) is 25.0 Å². The number of aliphatic hydroxyl groups is 1. The quantitative estimate of drug-likeness (QED) is 0.792. The lowest BCUT2D eigenvalue weighted by molar-refractivity contribution is -0.121. The molecule has 3 N–H and O–H groups in total. The highest BCUT2D eigenvalue weighted by Crippen LogP contribution is 2.18. The standard InChI is InChI=1S/C14H20N2O2.ClH/c17-13-9-5-4-8-12(13)16-14(18)10-15-11-6-2-1-3-7-11;/h1-3,6-7,12-13,15,17H,4-5,8-10H2,(H,16,18);1H/t12-,13-;/m1./s1. The van der Waals surface area contributed by atoms with Gasteiger partial charge in [-0.15, -0.1) is 12.4 Å². The molecule has 0 heterocycles. The number of hydrogen-bond donors (Lipinski definition) is 3. The lowest BCUT2D eigenvalue weighted by atomic mass is 9.92. The van der Waals surface area contributed by atoms with Crippen LogP contribution in [0.15, 0.2) is 30.3 Å². The summed E-state index contributed by atoms with van der Waals surface area (Å²) in [4.78, 5) is 11.7. The van der Waals surface area contributed by atoms with Gasteiger partial charge in [0.1, 0.15) is 0 Å². The fourth-order valence-electron chi connectivity index (χ4n) is 2.28. The molecule has 1 aliphatic rings. The Balaban J connectivity index is 0.00000180. The fraction of sp³-hybridized carbons (Fsp3) is 0.500. The molecule has 1 fully saturated rings. The summed E-state index contributed by atoms with van der Waals surface area (Å²) in [6, 6.07) is 9.54. The van der Waals surface area contributed by atoms with Crippen LogP contribution in [0.3, 0.4) is 0 Å². The van der Waals surface area contributed by atoms with Crippen molar-refractivity contribution in [2.75, 3.05) is 11.9 Å². The van der Waals surface area contributed by atoms with Crippen LogP contribution in [0.1, 0.15) is 25.7 Å². The van der Waals surface area contributed by atoms with Crippen molar-refractivity contribution >= 4 is 24.0 Å². The van der Waals surface area contributed by atoms with Gasteiger partial charge >= 0.3 is 0 Å². The lowest BCUT2D eigenvalue weighted by Crippen LogP contribution is -2.46. The number of carbonyl (C=O) groups is 1. The van der Waals surface area contributed by atoms with Gasteiger partial charge in [0.05, 0.1) is 18.7 Å². The van der Waals surface area contributed by atoms with E-state index in [1.54, 1.807) is 0 Å². The summed E-state index contributed by atoms with van der Waals surface area (Å²) >= 11 is 0. The third-order valence-electron chi connectivity index (χ3n) is 3.30. The molecule has 1 amide bonds. The molecule has 4 nitrogen and oxygen atoms in total. The third kappa shape index (κ3) is 5.09. The molecule has 2 rings (SSSR count). The number of rotatable bonds is 4. The maximum atomic E-state index is 11.7. The van der Waals surface area contributed by atoms with Gasteiger partial charge < -0.3 is 15.7 Å². The van der Waals surface area contributed by atoms with Gasteiger partial charge in [-0.2, -0.15) is 0 Å². The number of halogens is 1. The number of amides is 1. The van der Waals surface area contributed by atoms with E-state index in [-0.39, 0.29) is 37.0 Å². The number of nitrogens with one attached hydrogen (secondary N) is 2. The van der Waals surface area contributed by atoms with E-state index < -0.39 is 0 Å². The summed E-state index contributed by atoms with van der Waals surface area (Å²) in [7, 11) is 0. The predicted molar refractivity (Wildman–Crippen MR) is 78.6 cm³/mol. The summed E-state index contributed by atoms with van der Waals surface area (Å²) in [6.07, 6.45) is 3.40. The molecular weight excluding hydrogens is 264 g/mol. The van der Waals surface area contributed by atoms with Crippen LogP contribution in [-0.4, -0.2) is 29.7 Å². The second kappa shape index (κ2) is 8.02. The zero-order valence-electron chi connectivity index (χ0n) is 10.8. The van der Waals surface area contributed by atoms with Crippen molar-refractivity contribution in [2.45, 2.75) is 37.8 Å². The molecule has 106 valence electrons. The third-order valence-corrected chi connectivity index (χ3v) is 3.30. The molecule has 0 bridgehead atoms. The highest BCUT2D eigenvalue weighted by Gasteiger charge is 2.24. The molecule has 0 radical (unpaired) electrons. The summed E-state index contributed by atoms with van der Waals surface area (Å²) in [5.41, 5.74) is 0.928. The van der Waals surface area contributed by atoms with Crippen molar-refractivity contribution in [3.8, 4) is 0 Å². The Kier molecular flexibility index (Phi) is 6.67. The first-order valence-electron chi connectivity index (χ1n) is 6.52. The number of aliphatic hydroxyl groups excluding tert-OH is 1.